The van der Waals surface area contributed by atoms with Crippen molar-refractivity contribution in [1.29, 1.82) is 0 Å². The van der Waals surface area contributed by atoms with Crippen molar-refractivity contribution in [2.75, 3.05) is 5.32 Å². The quantitative estimate of drug-likeness (QED) is 0.780. The Kier molecular flexibility index (Phi) is 3.81. The highest BCUT2D eigenvalue weighted by molar-refractivity contribution is 7.04. The second-order valence-electron chi connectivity index (χ2n) is 5.17. The number of anilines is 1. The molecule has 0 saturated carbocycles. The van der Waals surface area contributed by atoms with Gasteiger partial charge in [0.2, 0.25) is 0 Å². The minimum Gasteiger partial charge on any atom is -0.334 e. The van der Waals surface area contributed by atoms with Gasteiger partial charge in [-0.1, -0.05) is 0 Å². The molecule has 0 aliphatic heterocycles. The van der Waals surface area contributed by atoms with Crippen LogP contribution in [0.5, 0.6) is 0 Å². The van der Waals surface area contributed by atoms with Crippen molar-refractivity contribution >= 4 is 34.2 Å². The number of aryl methyl sites for hydroxylation is 2. The summed E-state index contributed by atoms with van der Waals surface area (Å²) in [5.74, 6) is 0. The normalized spacial score (nSPS) is 10.9. The van der Waals surface area contributed by atoms with Crippen LogP contribution in [-0.2, 0) is 13.6 Å². The lowest BCUT2D eigenvalue weighted by atomic mass is 10.2. The number of nitrogens with one attached hydrogen (secondary N) is 2. The minimum atomic E-state index is -0.231. The van der Waals surface area contributed by atoms with E-state index in [1.165, 1.54) is 11.5 Å². The monoisotopic (exact) mass is 315 g/mol. The summed E-state index contributed by atoms with van der Waals surface area (Å²) in [6, 6.07) is 5.43. The first-order valence-corrected chi connectivity index (χ1v) is 7.76. The van der Waals surface area contributed by atoms with Gasteiger partial charge in [-0.2, -0.15) is 9.47 Å². The van der Waals surface area contributed by atoms with E-state index in [9.17, 15) is 4.79 Å². The van der Waals surface area contributed by atoms with Crippen LogP contribution < -0.4 is 10.6 Å². The number of fused-ring (bicyclic) bond motifs is 1. The van der Waals surface area contributed by atoms with Crippen molar-refractivity contribution < 1.29 is 4.79 Å². The van der Waals surface area contributed by atoms with Crippen LogP contribution in [0.15, 0.2) is 23.6 Å². The summed E-state index contributed by atoms with van der Waals surface area (Å²) in [5, 5.41) is 13.0. The van der Waals surface area contributed by atoms with E-state index in [-0.39, 0.29) is 6.03 Å². The third-order valence-corrected chi connectivity index (χ3v) is 4.36. The molecular formula is C15H17N5OS. The summed E-state index contributed by atoms with van der Waals surface area (Å²) in [7, 11) is 1.90. The highest BCUT2D eigenvalue weighted by Gasteiger charge is 2.10. The maximum Gasteiger partial charge on any atom is 0.319 e. The van der Waals surface area contributed by atoms with Gasteiger partial charge < -0.3 is 10.6 Å². The van der Waals surface area contributed by atoms with E-state index in [2.05, 4.69) is 20.1 Å². The van der Waals surface area contributed by atoms with Gasteiger partial charge in [-0.25, -0.2) is 4.79 Å². The smallest absolute Gasteiger partial charge is 0.319 e. The third kappa shape index (κ3) is 2.80. The number of benzene rings is 1. The Bertz CT molecular complexity index is 836. The number of carbonyl (C=O) groups excluding carboxylic acids is 1. The largest absolute Gasteiger partial charge is 0.334 e. The average molecular weight is 315 g/mol. The van der Waals surface area contributed by atoms with E-state index in [1.54, 1.807) is 0 Å². The van der Waals surface area contributed by atoms with E-state index in [1.807, 2.05) is 49.2 Å². The summed E-state index contributed by atoms with van der Waals surface area (Å²) >= 11 is 1.41. The molecule has 2 heterocycles. The fraction of sp³-hybridized carbons (Fsp3) is 0.267. The Balaban J connectivity index is 1.64. The molecule has 3 rings (SSSR count). The summed E-state index contributed by atoms with van der Waals surface area (Å²) in [4.78, 5) is 12.0. The predicted octanol–water partition coefficient (Wildman–Crippen LogP) is 2.97. The molecule has 0 bridgehead atoms. The molecule has 0 unspecified atom stereocenters. The van der Waals surface area contributed by atoms with E-state index in [0.717, 1.165) is 33.5 Å². The van der Waals surface area contributed by atoms with Crippen molar-refractivity contribution in [3.05, 3.63) is 40.5 Å². The van der Waals surface area contributed by atoms with Gasteiger partial charge in [0.05, 0.1) is 11.2 Å². The second-order valence-corrected chi connectivity index (χ2v) is 5.80. The number of nitrogens with zero attached hydrogens (tertiary/aromatic N) is 3. The molecule has 22 heavy (non-hydrogen) atoms. The van der Waals surface area contributed by atoms with Crippen LogP contribution in [0, 0.1) is 13.8 Å². The fourth-order valence-corrected chi connectivity index (χ4v) is 3.00. The molecule has 0 saturated heterocycles. The van der Waals surface area contributed by atoms with Gasteiger partial charge in [0.1, 0.15) is 0 Å². The summed E-state index contributed by atoms with van der Waals surface area (Å²) in [5.41, 5.74) is 4.74. The number of amides is 2. The van der Waals surface area contributed by atoms with Crippen molar-refractivity contribution in [1.82, 2.24) is 19.5 Å². The van der Waals surface area contributed by atoms with Gasteiger partial charge in [0, 0.05) is 41.3 Å². The number of hydrogen-bond acceptors (Lipinski definition) is 4. The molecule has 6 nitrogen and oxygen atoms in total. The Hall–Kier alpha value is -2.41. The zero-order chi connectivity index (χ0) is 15.7. The van der Waals surface area contributed by atoms with E-state index in [0.29, 0.717) is 6.54 Å². The number of hydrogen-bond donors (Lipinski definition) is 2. The maximum atomic E-state index is 12.0. The van der Waals surface area contributed by atoms with Crippen LogP contribution in [0.3, 0.4) is 0 Å². The number of aromatic nitrogens is 3. The van der Waals surface area contributed by atoms with E-state index < -0.39 is 0 Å². The number of carbonyl (C=O) groups is 1. The van der Waals surface area contributed by atoms with Crippen LogP contribution in [-0.4, -0.2) is 20.2 Å². The van der Waals surface area contributed by atoms with Crippen molar-refractivity contribution in [2.24, 2.45) is 7.05 Å². The molecular weight excluding hydrogens is 298 g/mol. The van der Waals surface area contributed by atoms with Crippen LogP contribution >= 0.6 is 11.5 Å². The molecule has 0 atom stereocenters. The fourth-order valence-electron chi connectivity index (χ4n) is 2.37. The minimum absolute atomic E-state index is 0.231. The average Bonchev–Trinajstić information content (AvgIpc) is 3.02. The lowest BCUT2D eigenvalue weighted by Gasteiger charge is -2.08. The first kappa shape index (κ1) is 14.5. The lowest BCUT2D eigenvalue weighted by Crippen LogP contribution is -2.28. The van der Waals surface area contributed by atoms with Crippen LogP contribution in [0.2, 0.25) is 0 Å². The Morgan fingerprint density at radius 2 is 2.18 bits per heavy atom. The molecule has 0 fully saturated rings. The molecule has 2 aromatic heterocycles. The zero-order valence-electron chi connectivity index (χ0n) is 12.7. The van der Waals surface area contributed by atoms with Crippen LogP contribution in [0.25, 0.3) is 10.9 Å². The molecule has 3 aromatic rings. The van der Waals surface area contributed by atoms with Crippen LogP contribution in [0.1, 0.15) is 17.0 Å². The second kappa shape index (κ2) is 5.76. The van der Waals surface area contributed by atoms with Gasteiger partial charge in [-0.15, -0.1) is 0 Å². The first-order valence-electron chi connectivity index (χ1n) is 6.92. The van der Waals surface area contributed by atoms with Gasteiger partial charge in [0.25, 0.3) is 0 Å². The van der Waals surface area contributed by atoms with Gasteiger partial charge in [-0.05, 0) is 43.6 Å². The summed E-state index contributed by atoms with van der Waals surface area (Å²) < 4.78 is 6.06. The Morgan fingerprint density at radius 3 is 2.91 bits per heavy atom. The molecule has 0 spiro atoms. The van der Waals surface area contributed by atoms with Crippen molar-refractivity contribution in [3.63, 3.8) is 0 Å². The zero-order valence-corrected chi connectivity index (χ0v) is 13.5. The molecule has 1 aromatic carbocycles. The number of rotatable bonds is 3. The molecule has 2 N–H and O–H groups in total. The molecule has 114 valence electrons. The van der Waals surface area contributed by atoms with E-state index in [4.69, 9.17) is 0 Å². The standard InChI is InChI=1S/C15H17N5OS/c1-9-13(10(2)20(3)18-9)7-16-15(21)17-12-4-5-14-11(6-12)8-22-19-14/h4-6,8H,7H2,1-3H3,(H2,16,17,21). The van der Waals surface area contributed by atoms with Crippen LogP contribution in [0.4, 0.5) is 10.5 Å². The lowest BCUT2D eigenvalue weighted by molar-refractivity contribution is 0.251. The highest BCUT2D eigenvalue weighted by atomic mass is 32.1. The first-order chi connectivity index (χ1) is 10.5. The Labute approximate surface area is 132 Å². The summed E-state index contributed by atoms with van der Waals surface area (Å²) in [6.07, 6.45) is 0. The molecule has 0 aliphatic rings. The molecule has 0 aliphatic carbocycles. The maximum absolute atomic E-state index is 12.0. The number of urea groups is 1. The Morgan fingerprint density at radius 1 is 1.36 bits per heavy atom. The predicted molar refractivity (Wildman–Crippen MR) is 88.2 cm³/mol. The summed E-state index contributed by atoms with van der Waals surface area (Å²) in [6.45, 7) is 4.39. The third-order valence-electron chi connectivity index (χ3n) is 3.70. The molecule has 7 heteroatoms. The van der Waals surface area contributed by atoms with E-state index >= 15 is 0 Å². The van der Waals surface area contributed by atoms with Crippen molar-refractivity contribution in [3.8, 4) is 0 Å². The highest BCUT2D eigenvalue weighted by Crippen LogP contribution is 2.19. The van der Waals surface area contributed by atoms with Gasteiger partial charge >= 0.3 is 6.03 Å². The SMILES string of the molecule is Cc1nn(C)c(C)c1CNC(=O)Nc1ccc2nscc2c1. The molecule has 0 radical (unpaired) electrons. The topological polar surface area (TPSA) is 71.8 Å². The van der Waals surface area contributed by atoms with Gasteiger partial charge in [-0.3, -0.25) is 4.68 Å². The van der Waals surface area contributed by atoms with Crippen molar-refractivity contribution in [2.45, 2.75) is 20.4 Å². The molecule has 2 amide bonds. The van der Waals surface area contributed by atoms with Gasteiger partial charge in [0.15, 0.2) is 0 Å².